The van der Waals surface area contributed by atoms with Crippen molar-refractivity contribution in [3.8, 4) is 0 Å². The number of amides is 1. The van der Waals surface area contributed by atoms with Crippen molar-refractivity contribution in [1.29, 1.82) is 0 Å². The third kappa shape index (κ3) is 3.63. The van der Waals surface area contributed by atoms with E-state index in [-0.39, 0.29) is 18.0 Å². The number of rotatable bonds is 6. The molecule has 5 nitrogen and oxygen atoms in total. The highest BCUT2D eigenvalue weighted by atomic mass is 32.1. The van der Waals surface area contributed by atoms with Crippen molar-refractivity contribution in [2.75, 3.05) is 26.2 Å². The molecule has 2 atom stereocenters. The van der Waals surface area contributed by atoms with Gasteiger partial charge in [0, 0.05) is 26.2 Å². The molecule has 6 heteroatoms. The quantitative estimate of drug-likeness (QED) is 0.662. The summed E-state index contributed by atoms with van der Waals surface area (Å²) in [6.45, 7) is 7.56. The van der Waals surface area contributed by atoms with Crippen LogP contribution in [0.2, 0.25) is 0 Å². The molecular weight excluding hydrogens is 248 g/mol. The van der Waals surface area contributed by atoms with Gasteiger partial charge in [-0.15, -0.1) is 0 Å². The Morgan fingerprint density at radius 1 is 1.06 bits per heavy atom. The van der Waals surface area contributed by atoms with E-state index in [0.29, 0.717) is 4.99 Å². The minimum absolute atomic E-state index is 0.142. The Labute approximate surface area is 114 Å². The number of carbonyl (C=O) groups excluding carboxylic acids is 1. The Bertz CT molecular complexity index is 272. The van der Waals surface area contributed by atoms with E-state index in [2.05, 4.69) is 16.7 Å². The molecule has 18 heavy (non-hydrogen) atoms. The molecule has 104 valence electrons. The first-order valence-corrected chi connectivity index (χ1v) is 6.98. The van der Waals surface area contributed by atoms with Crippen LogP contribution in [0.1, 0.15) is 26.7 Å². The maximum Gasteiger partial charge on any atom is 0.234 e. The van der Waals surface area contributed by atoms with Crippen molar-refractivity contribution >= 4 is 23.1 Å². The molecule has 0 bridgehead atoms. The summed E-state index contributed by atoms with van der Waals surface area (Å²) in [6.07, 6.45) is 1.70. The van der Waals surface area contributed by atoms with Crippen LogP contribution in [0.25, 0.3) is 0 Å². The summed E-state index contributed by atoms with van der Waals surface area (Å²) in [7, 11) is 0. The minimum atomic E-state index is -0.229. The van der Waals surface area contributed by atoms with Crippen LogP contribution in [-0.2, 0) is 4.79 Å². The Kier molecular flexibility index (Phi) is 5.98. The van der Waals surface area contributed by atoms with Gasteiger partial charge in [0.1, 0.15) is 0 Å². The zero-order valence-electron chi connectivity index (χ0n) is 11.3. The maximum absolute atomic E-state index is 11.3. The molecule has 1 heterocycles. The summed E-state index contributed by atoms with van der Waals surface area (Å²) in [6, 6.07) is 0.0351. The van der Waals surface area contributed by atoms with E-state index in [9.17, 15) is 4.79 Å². The Balaban J connectivity index is 2.54. The number of hydrogen-bond acceptors (Lipinski definition) is 4. The third-order valence-corrected chi connectivity index (χ3v) is 3.93. The van der Waals surface area contributed by atoms with E-state index in [0.717, 1.165) is 39.0 Å². The van der Waals surface area contributed by atoms with Gasteiger partial charge in [0.15, 0.2) is 0 Å². The Morgan fingerprint density at radius 2 is 1.44 bits per heavy atom. The highest BCUT2D eigenvalue weighted by Crippen LogP contribution is 2.13. The van der Waals surface area contributed by atoms with Crippen LogP contribution < -0.4 is 11.5 Å². The van der Waals surface area contributed by atoms with Crippen molar-refractivity contribution in [3.63, 3.8) is 0 Å². The lowest BCUT2D eigenvalue weighted by atomic mass is 10.1. The van der Waals surface area contributed by atoms with E-state index in [4.69, 9.17) is 23.7 Å². The second-order valence-corrected chi connectivity index (χ2v) is 5.20. The number of primary amides is 1. The van der Waals surface area contributed by atoms with Crippen LogP contribution in [-0.4, -0.2) is 59.0 Å². The van der Waals surface area contributed by atoms with Crippen LogP contribution in [0.5, 0.6) is 0 Å². The Hall–Kier alpha value is -0.720. The number of hydrogen-bond donors (Lipinski definition) is 2. The minimum Gasteiger partial charge on any atom is -0.392 e. The van der Waals surface area contributed by atoms with Crippen LogP contribution >= 0.6 is 12.2 Å². The smallest absolute Gasteiger partial charge is 0.234 e. The van der Waals surface area contributed by atoms with Gasteiger partial charge < -0.3 is 11.5 Å². The zero-order chi connectivity index (χ0) is 13.7. The number of thiocarbonyl (C=S) groups is 1. The fourth-order valence-electron chi connectivity index (χ4n) is 2.64. The summed E-state index contributed by atoms with van der Waals surface area (Å²) in [5.74, 6) is -0.229. The molecule has 1 fully saturated rings. The highest BCUT2D eigenvalue weighted by Gasteiger charge is 2.29. The van der Waals surface area contributed by atoms with Crippen molar-refractivity contribution in [1.82, 2.24) is 9.80 Å². The average Bonchev–Trinajstić information content (AvgIpc) is 2.32. The van der Waals surface area contributed by atoms with Crippen LogP contribution in [0.3, 0.4) is 0 Å². The fraction of sp³-hybridized carbons (Fsp3) is 0.833. The molecule has 0 radical (unpaired) electrons. The topological polar surface area (TPSA) is 75.6 Å². The Morgan fingerprint density at radius 3 is 1.72 bits per heavy atom. The molecule has 0 spiro atoms. The number of carbonyl (C=O) groups is 1. The summed E-state index contributed by atoms with van der Waals surface area (Å²) in [5, 5.41) is 0. The van der Waals surface area contributed by atoms with Crippen molar-refractivity contribution in [3.05, 3.63) is 0 Å². The molecule has 1 rings (SSSR count). The summed E-state index contributed by atoms with van der Waals surface area (Å²) >= 11 is 5.09. The molecule has 0 aliphatic carbocycles. The maximum atomic E-state index is 11.3. The fourth-order valence-corrected chi connectivity index (χ4v) is 2.96. The standard InChI is InChI=1S/C12H24N4OS/c1-3-9(11(13)17)15-5-7-16(8-6-15)10(4-2)12(14)18/h9-10H,3-8H2,1-2H3,(H2,13,17)(H2,14,18). The largest absolute Gasteiger partial charge is 0.392 e. The highest BCUT2D eigenvalue weighted by molar-refractivity contribution is 7.80. The van der Waals surface area contributed by atoms with Gasteiger partial charge in [-0.3, -0.25) is 14.6 Å². The van der Waals surface area contributed by atoms with Gasteiger partial charge in [-0.1, -0.05) is 26.1 Å². The molecule has 1 amide bonds. The van der Waals surface area contributed by atoms with Gasteiger partial charge in [0.05, 0.1) is 17.1 Å². The number of piperazine rings is 1. The van der Waals surface area contributed by atoms with Gasteiger partial charge in [-0.25, -0.2) is 0 Å². The first kappa shape index (κ1) is 15.3. The average molecular weight is 272 g/mol. The summed E-state index contributed by atoms with van der Waals surface area (Å²) in [5.41, 5.74) is 11.2. The van der Waals surface area contributed by atoms with Crippen LogP contribution in [0.15, 0.2) is 0 Å². The van der Waals surface area contributed by atoms with Crippen LogP contribution in [0.4, 0.5) is 0 Å². The molecule has 2 unspecified atom stereocenters. The lowest BCUT2D eigenvalue weighted by Crippen LogP contribution is -2.57. The predicted molar refractivity (Wildman–Crippen MR) is 77.3 cm³/mol. The van der Waals surface area contributed by atoms with Gasteiger partial charge >= 0.3 is 0 Å². The lowest BCUT2D eigenvalue weighted by molar-refractivity contribution is -0.124. The third-order valence-electron chi connectivity index (χ3n) is 3.66. The lowest BCUT2D eigenvalue weighted by Gasteiger charge is -2.40. The van der Waals surface area contributed by atoms with E-state index >= 15 is 0 Å². The molecule has 0 saturated carbocycles. The first-order chi connectivity index (χ1) is 8.51. The van der Waals surface area contributed by atoms with E-state index in [1.54, 1.807) is 0 Å². The summed E-state index contributed by atoms with van der Waals surface area (Å²) < 4.78 is 0. The normalized spacial score (nSPS) is 21.4. The second kappa shape index (κ2) is 7.01. The summed E-state index contributed by atoms with van der Waals surface area (Å²) in [4.78, 5) is 16.4. The first-order valence-electron chi connectivity index (χ1n) is 6.57. The van der Waals surface area contributed by atoms with Crippen molar-refractivity contribution in [2.45, 2.75) is 38.8 Å². The van der Waals surface area contributed by atoms with E-state index < -0.39 is 0 Å². The SMILES string of the molecule is CCC(C(N)=O)N1CCN(C(CC)C(N)=S)CC1. The molecular formula is C12H24N4OS. The van der Waals surface area contributed by atoms with Crippen LogP contribution in [0, 0.1) is 0 Å². The molecule has 4 N–H and O–H groups in total. The van der Waals surface area contributed by atoms with E-state index in [1.165, 1.54) is 0 Å². The number of nitrogens with two attached hydrogens (primary N) is 2. The molecule has 0 aromatic carbocycles. The van der Waals surface area contributed by atoms with Crippen molar-refractivity contribution < 1.29 is 4.79 Å². The van der Waals surface area contributed by atoms with E-state index in [1.807, 2.05) is 6.92 Å². The van der Waals surface area contributed by atoms with Gasteiger partial charge in [-0.2, -0.15) is 0 Å². The molecule has 0 aromatic heterocycles. The molecule has 1 aliphatic rings. The van der Waals surface area contributed by atoms with Gasteiger partial charge in [0.25, 0.3) is 0 Å². The second-order valence-electron chi connectivity index (χ2n) is 4.72. The van der Waals surface area contributed by atoms with Gasteiger partial charge in [-0.05, 0) is 12.8 Å². The van der Waals surface area contributed by atoms with Crippen molar-refractivity contribution in [2.24, 2.45) is 11.5 Å². The molecule has 1 aliphatic heterocycles. The van der Waals surface area contributed by atoms with Gasteiger partial charge in [0.2, 0.25) is 5.91 Å². The molecule has 0 aromatic rings. The zero-order valence-corrected chi connectivity index (χ0v) is 12.1. The predicted octanol–water partition coefficient (Wildman–Crippen LogP) is -0.0674. The molecule has 1 saturated heterocycles. The number of nitrogens with zero attached hydrogens (tertiary/aromatic N) is 2. The monoisotopic (exact) mass is 272 g/mol.